The molecular weight excluding hydrogens is 376 g/mol. The topological polar surface area (TPSA) is 57.9 Å². The highest BCUT2D eigenvalue weighted by Gasteiger charge is 2.36. The van der Waals surface area contributed by atoms with Crippen molar-refractivity contribution < 1.29 is 4.74 Å². The van der Waals surface area contributed by atoms with E-state index in [4.69, 9.17) is 9.72 Å². The molecule has 2 atom stereocenters. The van der Waals surface area contributed by atoms with Crippen LogP contribution in [0.3, 0.4) is 0 Å². The van der Waals surface area contributed by atoms with Gasteiger partial charge in [-0.1, -0.05) is 6.07 Å². The molecule has 4 bridgehead atoms. The van der Waals surface area contributed by atoms with E-state index < -0.39 is 0 Å². The first kappa shape index (κ1) is 18.2. The van der Waals surface area contributed by atoms with Crippen LogP contribution in [0.5, 0.6) is 5.75 Å². The van der Waals surface area contributed by atoms with Crippen molar-refractivity contribution in [2.45, 2.75) is 31.8 Å². The van der Waals surface area contributed by atoms with Crippen LogP contribution in [-0.4, -0.2) is 75.8 Å². The van der Waals surface area contributed by atoms with Crippen molar-refractivity contribution in [2.75, 3.05) is 44.6 Å². The van der Waals surface area contributed by atoms with Crippen molar-refractivity contribution in [3.63, 3.8) is 0 Å². The molecule has 2 saturated heterocycles. The minimum atomic E-state index is 0.413. The lowest BCUT2D eigenvalue weighted by atomic mass is 10.0. The number of aryl methyl sites for hydroxylation is 1. The fourth-order valence-electron chi connectivity index (χ4n) is 5.24. The van der Waals surface area contributed by atoms with E-state index in [1.54, 1.807) is 0 Å². The van der Waals surface area contributed by atoms with Crippen LogP contribution in [0.15, 0.2) is 36.7 Å². The van der Waals surface area contributed by atoms with Crippen LogP contribution < -0.4 is 10.1 Å². The van der Waals surface area contributed by atoms with Gasteiger partial charge >= 0.3 is 0 Å². The van der Waals surface area contributed by atoms with Crippen molar-refractivity contribution in [3.05, 3.63) is 42.2 Å². The first-order valence-corrected chi connectivity index (χ1v) is 11.0. The van der Waals surface area contributed by atoms with Crippen molar-refractivity contribution in [1.82, 2.24) is 24.4 Å². The zero-order valence-corrected chi connectivity index (χ0v) is 17.4. The van der Waals surface area contributed by atoms with E-state index in [0.29, 0.717) is 12.1 Å². The number of aromatic nitrogens is 3. The number of anilines is 1. The smallest absolute Gasteiger partial charge is 0.165 e. The summed E-state index contributed by atoms with van der Waals surface area (Å²) in [6.07, 6.45) is 6.53. The van der Waals surface area contributed by atoms with E-state index in [9.17, 15) is 0 Å². The molecule has 2 fully saturated rings. The van der Waals surface area contributed by atoms with Crippen LogP contribution in [0.2, 0.25) is 0 Å². The van der Waals surface area contributed by atoms with Crippen molar-refractivity contribution in [1.29, 1.82) is 0 Å². The predicted molar refractivity (Wildman–Crippen MR) is 117 cm³/mol. The number of rotatable bonds is 0. The van der Waals surface area contributed by atoms with Crippen LogP contribution in [0.4, 0.5) is 5.82 Å². The standard InChI is InChI=1S/C23H28N6O/c1-16-4-5-19-11-20(16)21-12-25-29-9-6-22(26-23(21)29)24-7-10-28-13-17-3-2-8-27(17)14-18(28)15-30-19/h4-6,9,11-12,17-18H,2-3,7-8,10,13-15H2,1H3,(H,24,26)/t17-,18+/m1/s1. The first-order valence-electron chi connectivity index (χ1n) is 11.0. The third-order valence-electron chi connectivity index (χ3n) is 6.92. The molecular formula is C23H28N6O. The summed E-state index contributed by atoms with van der Waals surface area (Å²) in [5.74, 6) is 1.83. The molecule has 7 heteroatoms. The number of nitrogens with one attached hydrogen (secondary N) is 1. The highest BCUT2D eigenvalue weighted by Crippen LogP contribution is 2.31. The molecule has 3 aliphatic rings. The molecule has 0 aliphatic carbocycles. The van der Waals surface area contributed by atoms with E-state index in [-0.39, 0.29) is 0 Å². The molecule has 3 aliphatic heterocycles. The molecule has 2 aromatic heterocycles. The monoisotopic (exact) mass is 404 g/mol. The minimum Gasteiger partial charge on any atom is -0.492 e. The fraction of sp³-hybridized carbons (Fsp3) is 0.478. The summed E-state index contributed by atoms with van der Waals surface area (Å²) in [4.78, 5) is 10.2. The summed E-state index contributed by atoms with van der Waals surface area (Å²) in [6.45, 7) is 8.19. The number of hydrogen-bond donors (Lipinski definition) is 1. The summed E-state index contributed by atoms with van der Waals surface area (Å²) in [5, 5.41) is 8.05. The van der Waals surface area contributed by atoms with Crippen molar-refractivity contribution in [3.8, 4) is 16.9 Å². The Morgan fingerprint density at radius 3 is 2.93 bits per heavy atom. The number of fused-ring (bicyclic) bond motifs is 6. The van der Waals surface area contributed by atoms with Crippen LogP contribution >= 0.6 is 0 Å². The number of piperazine rings is 1. The molecule has 0 radical (unpaired) electrons. The Morgan fingerprint density at radius 2 is 1.97 bits per heavy atom. The number of nitrogens with zero attached hydrogens (tertiary/aromatic N) is 5. The Balaban J connectivity index is 1.39. The van der Waals surface area contributed by atoms with Crippen LogP contribution in [0.25, 0.3) is 16.8 Å². The molecule has 0 unspecified atom stereocenters. The van der Waals surface area contributed by atoms with Crippen molar-refractivity contribution >= 4 is 11.5 Å². The maximum absolute atomic E-state index is 6.36. The molecule has 1 N–H and O–H groups in total. The molecule has 3 aromatic rings. The zero-order valence-electron chi connectivity index (χ0n) is 17.4. The Bertz CT molecular complexity index is 1080. The molecule has 30 heavy (non-hydrogen) atoms. The Morgan fingerprint density at radius 1 is 1.07 bits per heavy atom. The lowest BCUT2D eigenvalue weighted by molar-refractivity contribution is 0.0301. The Kier molecular flexibility index (Phi) is 4.39. The second kappa shape index (κ2) is 7.25. The van der Waals surface area contributed by atoms with Crippen LogP contribution in [-0.2, 0) is 0 Å². The second-order valence-corrected chi connectivity index (χ2v) is 8.79. The lowest BCUT2D eigenvalue weighted by Crippen LogP contribution is -2.58. The van der Waals surface area contributed by atoms with Gasteiger partial charge in [-0.3, -0.25) is 9.80 Å². The molecule has 5 heterocycles. The number of benzene rings is 1. The molecule has 6 rings (SSSR count). The van der Waals surface area contributed by atoms with Gasteiger partial charge in [0.25, 0.3) is 0 Å². The summed E-state index contributed by atoms with van der Waals surface area (Å²) < 4.78 is 8.20. The average molecular weight is 405 g/mol. The van der Waals surface area contributed by atoms with E-state index in [0.717, 1.165) is 61.1 Å². The summed E-state index contributed by atoms with van der Waals surface area (Å²) in [5.41, 5.74) is 4.24. The third kappa shape index (κ3) is 3.13. The van der Waals surface area contributed by atoms with E-state index in [1.807, 2.05) is 23.0 Å². The maximum Gasteiger partial charge on any atom is 0.165 e. The summed E-state index contributed by atoms with van der Waals surface area (Å²) in [6, 6.07) is 9.49. The number of hydrogen-bond acceptors (Lipinski definition) is 6. The van der Waals surface area contributed by atoms with Gasteiger partial charge in [-0.2, -0.15) is 5.10 Å². The molecule has 0 spiro atoms. The minimum absolute atomic E-state index is 0.413. The van der Waals surface area contributed by atoms with E-state index in [1.165, 1.54) is 24.9 Å². The van der Waals surface area contributed by atoms with Gasteiger partial charge in [0.1, 0.15) is 18.2 Å². The maximum atomic E-state index is 6.36. The van der Waals surface area contributed by atoms with Gasteiger partial charge in [0.2, 0.25) is 0 Å². The largest absolute Gasteiger partial charge is 0.492 e. The fourth-order valence-corrected chi connectivity index (χ4v) is 5.24. The Hall–Kier alpha value is -2.64. The van der Waals surface area contributed by atoms with Crippen LogP contribution in [0.1, 0.15) is 18.4 Å². The van der Waals surface area contributed by atoms with Crippen LogP contribution in [0, 0.1) is 6.92 Å². The third-order valence-corrected chi connectivity index (χ3v) is 6.92. The molecule has 7 nitrogen and oxygen atoms in total. The van der Waals surface area contributed by atoms with Crippen molar-refractivity contribution in [2.24, 2.45) is 0 Å². The predicted octanol–water partition coefficient (Wildman–Crippen LogP) is 2.66. The first-order chi connectivity index (χ1) is 14.7. The second-order valence-electron chi connectivity index (χ2n) is 8.79. The SMILES string of the molecule is Cc1ccc2cc1-c1cnn3ccc(nc13)NCCN1C[C@H]3CCCN3C[C@H]1CO2. The molecule has 0 amide bonds. The Labute approximate surface area is 176 Å². The summed E-state index contributed by atoms with van der Waals surface area (Å²) >= 11 is 0. The van der Waals surface area contributed by atoms with Gasteiger partial charge in [0.05, 0.1) is 12.2 Å². The van der Waals surface area contributed by atoms with Gasteiger partial charge < -0.3 is 10.1 Å². The lowest BCUT2D eigenvalue weighted by Gasteiger charge is -2.43. The highest BCUT2D eigenvalue weighted by molar-refractivity contribution is 5.80. The molecule has 1 aromatic carbocycles. The number of ether oxygens (including phenoxy) is 1. The summed E-state index contributed by atoms with van der Waals surface area (Å²) in [7, 11) is 0. The normalized spacial score (nSPS) is 24.7. The van der Waals surface area contributed by atoms with E-state index >= 15 is 0 Å². The van der Waals surface area contributed by atoms with Gasteiger partial charge in [-0.15, -0.1) is 0 Å². The van der Waals surface area contributed by atoms with Gasteiger partial charge in [0.15, 0.2) is 5.65 Å². The zero-order chi connectivity index (χ0) is 20.1. The van der Waals surface area contributed by atoms with Gasteiger partial charge in [0, 0.05) is 44.0 Å². The average Bonchev–Trinajstić information content (AvgIpc) is 3.38. The van der Waals surface area contributed by atoms with Gasteiger partial charge in [-0.25, -0.2) is 9.50 Å². The molecule has 0 saturated carbocycles. The molecule has 156 valence electrons. The van der Waals surface area contributed by atoms with Gasteiger partial charge in [-0.05, 0) is 55.6 Å². The quantitative estimate of drug-likeness (QED) is 0.622. The highest BCUT2D eigenvalue weighted by atomic mass is 16.5. The van der Waals surface area contributed by atoms with E-state index in [2.05, 4.69) is 45.3 Å².